The number of rotatable bonds is 3. The lowest BCUT2D eigenvalue weighted by Gasteiger charge is -2.08. The maximum atomic E-state index is 10.5. The van der Waals surface area contributed by atoms with Gasteiger partial charge in [0, 0.05) is 10.9 Å². The van der Waals surface area contributed by atoms with Gasteiger partial charge in [-0.15, -0.1) is 0 Å². The van der Waals surface area contributed by atoms with Crippen molar-refractivity contribution >= 4 is 21.9 Å². The van der Waals surface area contributed by atoms with E-state index in [1.165, 1.54) is 18.2 Å². The first-order valence-corrected chi connectivity index (χ1v) is 4.97. The molecule has 1 atom stereocenters. The van der Waals surface area contributed by atoms with E-state index in [9.17, 15) is 15.0 Å². The third-order valence-corrected chi connectivity index (χ3v) is 2.40. The minimum Gasteiger partial charge on any atom is -0.508 e. The molecule has 0 heterocycles. The summed E-state index contributed by atoms with van der Waals surface area (Å²) in [6, 6.07) is 4.18. The van der Waals surface area contributed by atoms with Crippen LogP contribution < -0.4 is 0 Å². The number of hydrogen-bond acceptors (Lipinski definition) is 3. The third-order valence-electron chi connectivity index (χ3n) is 1.80. The van der Waals surface area contributed by atoms with Crippen LogP contribution in [0.4, 0.5) is 0 Å². The Bertz CT molecular complexity index is 351. The molecule has 14 heavy (non-hydrogen) atoms. The molecule has 0 aliphatic carbocycles. The van der Waals surface area contributed by atoms with Crippen molar-refractivity contribution in [2.75, 3.05) is 0 Å². The fraction of sp³-hybridized carbons (Fsp3) is 0.222. The Hall–Kier alpha value is -1.07. The Morgan fingerprint density at radius 2 is 2.14 bits per heavy atom. The van der Waals surface area contributed by atoms with Crippen LogP contribution in [0, 0.1) is 0 Å². The molecule has 1 aromatic carbocycles. The van der Waals surface area contributed by atoms with Gasteiger partial charge in [0.25, 0.3) is 0 Å². The number of aliphatic hydroxyl groups excluding tert-OH is 1. The molecule has 0 fully saturated rings. The van der Waals surface area contributed by atoms with E-state index in [0.29, 0.717) is 10.9 Å². The van der Waals surface area contributed by atoms with E-state index in [1.807, 2.05) is 0 Å². The molecule has 0 bridgehead atoms. The molecule has 5 heteroatoms. The number of aliphatic hydroxyl groups is 1. The first kappa shape index (κ1) is 11.0. The van der Waals surface area contributed by atoms with Gasteiger partial charge in [0.1, 0.15) is 5.75 Å². The second-order valence-corrected chi connectivity index (χ2v) is 3.32. The monoisotopic (exact) mass is 260 g/mol. The van der Waals surface area contributed by atoms with Crippen LogP contribution in [0.5, 0.6) is 5.75 Å². The van der Waals surface area contributed by atoms with E-state index in [2.05, 4.69) is 15.9 Å². The molecule has 0 saturated heterocycles. The molecule has 0 aliphatic rings. The Morgan fingerprint density at radius 1 is 1.50 bits per heavy atom. The largest absolute Gasteiger partial charge is 0.508 e. The minimum absolute atomic E-state index is 0.0724. The molecular formula is C9H9BrO4. The predicted octanol–water partition coefficient (Wildman–Crippen LogP) is 1.41. The first-order valence-electron chi connectivity index (χ1n) is 3.85. The van der Waals surface area contributed by atoms with Crippen LogP contribution in [0.3, 0.4) is 0 Å². The highest BCUT2D eigenvalue weighted by Gasteiger charge is 2.16. The van der Waals surface area contributed by atoms with E-state index in [0.717, 1.165) is 0 Å². The van der Waals surface area contributed by atoms with Crippen molar-refractivity contribution in [3.05, 3.63) is 29.3 Å². The molecule has 1 unspecified atom stereocenters. The number of halogens is 1. The van der Waals surface area contributed by atoms with Crippen molar-refractivity contribution in [3.63, 3.8) is 0 Å². The van der Waals surface area contributed by atoms with Gasteiger partial charge in [-0.2, -0.15) is 0 Å². The van der Waals surface area contributed by atoms with Gasteiger partial charge in [-0.1, -0.05) is 22.0 Å². The number of alkyl halides is 1. The Labute approximate surface area is 88.9 Å². The standard InChI is InChI=1S/C9H9BrO4/c10-4-6-3-5(1-2-7(6)11)8(12)9(13)14/h1-3,8,11-12H,4H2,(H,13,14). The van der Waals surface area contributed by atoms with Gasteiger partial charge >= 0.3 is 5.97 Å². The van der Waals surface area contributed by atoms with Crippen molar-refractivity contribution in [1.29, 1.82) is 0 Å². The highest BCUT2D eigenvalue weighted by atomic mass is 79.9. The van der Waals surface area contributed by atoms with Crippen molar-refractivity contribution in [1.82, 2.24) is 0 Å². The molecule has 1 rings (SSSR count). The van der Waals surface area contributed by atoms with Crippen molar-refractivity contribution < 1.29 is 20.1 Å². The van der Waals surface area contributed by atoms with Gasteiger partial charge in [0.05, 0.1) is 0 Å². The zero-order chi connectivity index (χ0) is 10.7. The molecule has 0 radical (unpaired) electrons. The number of carboxylic acids is 1. The molecule has 0 amide bonds. The summed E-state index contributed by atoms with van der Waals surface area (Å²) in [4.78, 5) is 10.5. The summed E-state index contributed by atoms with van der Waals surface area (Å²) in [5, 5.41) is 27.5. The number of phenols is 1. The number of carbonyl (C=O) groups is 1. The van der Waals surface area contributed by atoms with E-state index >= 15 is 0 Å². The SMILES string of the molecule is O=C(O)C(O)c1ccc(O)c(CBr)c1. The number of aromatic hydroxyl groups is 1. The average molecular weight is 261 g/mol. The summed E-state index contributed by atoms with van der Waals surface area (Å²) in [7, 11) is 0. The average Bonchev–Trinajstić information content (AvgIpc) is 2.17. The highest BCUT2D eigenvalue weighted by molar-refractivity contribution is 9.08. The maximum absolute atomic E-state index is 10.5. The molecule has 0 aromatic heterocycles. The molecule has 0 saturated carbocycles. The minimum atomic E-state index is -1.55. The third kappa shape index (κ3) is 2.24. The maximum Gasteiger partial charge on any atom is 0.337 e. The van der Waals surface area contributed by atoms with Crippen molar-refractivity contribution in [2.24, 2.45) is 0 Å². The molecule has 3 N–H and O–H groups in total. The van der Waals surface area contributed by atoms with Crippen LogP contribution in [-0.2, 0) is 10.1 Å². The van der Waals surface area contributed by atoms with Gasteiger partial charge in [-0.3, -0.25) is 0 Å². The smallest absolute Gasteiger partial charge is 0.337 e. The molecular weight excluding hydrogens is 252 g/mol. The van der Waals surface area contributed by atoms with Crippen LogP contribution in [-0.4, -0.2) is 21.3 Å². The van der Waals surface area contributed by atoms with Crippen molar-refractivity contribution in [2.45, 2.75) is 11.4 Å². The lowest BCUT2D eigenvalue weighted by atomic mass is 10.1. The summed E-state index contributed by atoms with van der Waals surface area (Å²) in [6.45, 7) is 0. The number of phenolic OH excluding ortho intramolecular Hbond substituents is 1. The quantitative estimate of drug-likeness (QED) is 0.719. The van der Waals surface area contributed by atoms with Gasteiger partial charge in [0.2, 0.25) is 0 Å². The Kier molecular flexibility index (Phi) is 3.49. The lowest BCUT2D eigenvalue weighted by molar-refractivity contribution is -0.146. The zero-order valence-electron chi connectivity index (χ0n) is 7.14. The molecule has 0 aliphatic heterocycles. The van der Waals surface area contributed by atoms with Gasteiger partial charge in [-0.05, 0) is 17.7 Å². The topological polar surface area (TPSA) is 77.8 Å². The summed E-state index contributed by atoms with van der Waals surface area (Å²) >= 11 is 3.14. The summed E-state index contributed by atoms with van der Waals surface area (Å²) in [5.74, 6) is -1.24. The summed E-state index contributed by atoms with van der Waals surface area (Å²) < 4.78 is 0. The number of hydrogen-bond donors (Lipinski definition) is 3. The zero-order valence-corrected chi connectivity index (χ0v) is 8.73. The van der Waals surface area contributed by atoms with E-state index < -0.39 is 12.1 Å². The second kappa shape index (κ2) is 4.43. The Balaban J connectivity index is 3.06. The number of benzene rings is 1. The molecule has 4 nitrogen and oxygen atoms in total. The summed E-state index contributed by atoms with van der Waals surface area (Å²) in [5.41, 5.74) is 0.799. The van der Waals surface area contributed by atoms with Gasteiger partial charge in [0.15, 0.2) is 6.10 Å². The summed E-state index contributed by atoms with van der Waals surface area (Å²) in [6.07, 6.45) is -1.55. The van der Waals surface area contributed by atoms with Gasteiger partial charge < -0.3 is 15.3 Å². The van der Waals surface area contributed by atoms with Gasteiger partial charge in [-0.25, -0.2) is 4.79 Å². The Morgan fingerprint density at radius 3 is 2.64 bits per heavy atom. The van der Waals surface area contributed by atoms with E-state index in [1.54, 1.807) is 0 Å². The fourth-order valence-corrected chi connectivity index (χ4v) is 1.47. The molecule has 0 spiro atoms. The van der Waals surface area contributed by atoms with E-state index in [-0.39, 0.29) is 11.3 Å². The lowest BCUT2D eigenvalue weighted by Crippen LogP contribution is -2.10. The van der Waals surface area contributed by atoms with Crippen LogP contribution in [0.15, 0.2) is 18.2 Å². The number of aliphatic carboxylic acids is 1. The highest BCUT2D eigenvalue weighted by Crippen LogP contribution is 2.24. The number of carboxylic acid groups (broad SMARTS) is 1. The fourth-order valence-electron chi connectivity index (χ4n) is 1.03. The van der Waals surface area contributed by atoms with Crippen LogP contribution in [0.25, 0.3) is 0 Å². The first-order chi connectivity index (χ1) is 6.56. The molecule has 1 aromatic rings. The normalized spacial score (nSPS) is 12.4. The molecule has 76 valence electrons. The van der Waals surface area contributed by atoms with Crippen LogP contribution in [0.2, 0.25) is 0 Å². The van der Waals surface area contributed by atoms with Crippen LogP contribution >= 0.6 is 15.9 Å². The second-order valence-electron chi connectivity index (χ2n) is 2.76. The predicted molar refractivity (Wildman–Crippen MR) is 53.3 cm³/mol. The van der Waals surface area contributed by atoms with Crippen LogP contribution in [0.1, 0.15) is 17.2 Å². The van der Waals surface area contributed by atoms with Crippen molar-refractivity contribution in [3.8, 4) is 5.75 Å². The van der Waals surface area contributed by atoms with E-state index in [4.69, 9.17) is 5.11 Å².